The third-order valence-corrected chi connectivity index (χ3v) is 4.04. The van der Waals surface area contributed by atoms with Crippen molar-refractivity contribution in [2.75, 3.05) is 44.6 Å². The number of sulfonamides is 1. The summed E-state index contributed by atoms with van der Waals surface area (Å²) < 4.78 is 23.9. The van der Waals surface area contributed by atoms with Gasteiger partial charge >= 0.3 is 0 Å². The lowest BCUT2D eigenvalue weighted by Crippen LogP contribution is -2.47. The first-order valence-electron chi connectivity index (χ1n) is 4.20. The molecule has 0 saturated carbocycles. The Morgan fingerprint density at radius 3 is 2.15 bits per heavy atom. The molecule has 1 aliphatic rings. The summed E-state index contributed by atoms with van der Waals surface area (Å²) in [4.78, 5) is 2.27. The van der Waals surface area contributed by atoms with Gasteiger partial charge in [-0.3, -0.25) is 4.90 Å². The van der Waals surface area contributed by atoms with E-state index in [0.717, 1.165) is 19.0 Å². The van der Waals surface area contributed by atoms with Gasteiger partial charge in [-0.1, -0.05) is 0 Å². The van der Waals surface area contributed by atoms with E-state index in [1.54, 1.807) is 16.1 Å². The molecule has 0 spiro atoms. The van der Waals surface area contributed by atoms with Crippen LogP contribution in [0, 0.1) is 0 Å². The summed E-state index contributed by atoms with van der Waals surface area (Å²) in [6, 6.07) is 0. The van der Waals surface area contributed by atoms with Crippen LogP contribution in [-0.4, -0.2) is 62.2 Å². The van der Waals surface area contributed by atoms with Crippen LogP contribution in [0.15, 0.2) is 0 Å². The van der Waals surface area contributed by atoms with Crippen molar-refractivity contribution < 1.29 is 8.42 Å². The maximum absolute atomic E-state index is 11.2. The third-order valence-electron chi connectivity index (χ3n) is 2.11. The van der Waals surface area contributed by atoms with Crippen LogP contribution < -0.4 is 0 Å². The zero-order chi connectivity index (χ0) is 9.90. The number of piperazine rings is 1. The van der Waals surface area contributed by atoms with Crippen LogP contribution in [0.4, 0.5) is 0 Å². The molecule has 13 heavy (non-hydrogen) atoms. The molecular formula is C7H16N2O2S2. The van der Waals surface area contributed by atoms with Gasteiger partial charge in [-0.15, -0.1) is 11.8 Å². The van der Waals surface area contributed by atoms with E-state index < -0.39 is 10.0 Å². The zero-order valence-electron chi connectivity index (χ0n) is 8.06. The van der Waals surface area contributed by atoms with E-state index in [1.807, 2.05) is 0 Å². The Labute approximate surface area is 84.3 Å². The summed E-state index contributed by atoms with van der Waals surface area (Å²) in [5, 5.41) is 0. The van der Waals surface area contributed by atoms with E-state index in [4.69, 9.17) is 0 Å². The largest absolute Gasteiger partial charge is 0.292 e. The molecule has 0 bridgehead atoms. The first-order chi connectivity index (χ1) is 6.04. The lowest BCUT2D eigenvalue weighted by atomic mass is 10.4. The number of rotatable bonds is 3. The quantitative estimate of drug-likeness (QED) is 0.670. The van der Waals surface area contributed by atoms with Gasteiger partial charge in [0.15, 0.2) is 0 Å². The van der Waals surface area contributed by atoms with Crippen molar-refractivity contribution >= 4 is 21.8 Å². The van der Waals surface area contributed by atoms with Gasteiger partial charge in [0.05, 0.1) is 6.26 Å². The molecule has 0 N–H and O–H groups in total. The lowest BCUT2D eigenvalue weighted by Gasteiger charge is -2.32. The molecule has 0 aromatic carbocycles. The molecule has 1 rings (SSSR count). The molecule has 0 aliphatic carbocycles. The fourth-order valence-electron chi connectivity index (χ4n) is 1.37. The van der Waals surface area contributed by atoms with Crippen molar-refractivity contribution in [3.8, 4) is 0 Å². The van der Waals surface area contributed by atoms with E-state index in [2.05, 4.69) is 11.2 Å². The van der Waals surface area contributed by atoms with Crippen molar-refractivity contribution in [1.82, 2.24) is 9.21 Å². The van der Waals surface area contributed by atoms with Crippen LogP contribution in [0.5, 0.6) is 0 Å². The Morgan fingerprint density at radius 2 is 1.77 bits per heavy atom. The Balaban J connectivity index is 2.39. The predicted molar refractivity (Wildman–Crippen MR) is 56.4 cm³/mol. The molecule has 6 heteroatoms. The Hall–Kier alpha value is 0.220. The average molecular weight is 224 g/mol. The summed E-state index contributed by atoms with van der Waals surface area (Å²) in [7, 11) is -2.96. The Kier molecular flexibility index (Phi) is 4.03. The summed E-state index contributed by atoms with van der Waals surface area (Å²) in [5.41, 5.74) is 0. The van der Waals surface area contributed by atoms with Crippen molar-refractivity contribution in [2.24, 2.45) is 0 Å². The summed E-state index contributed by atoms with van der Waals surface area (Å²) in [6.45, 7) is 2.99. The minimum absolute atomic E-state index is 0.638. The number of thioether (sulfide) groups is 1. The molecule has 0 amide bonds. The van der Waals surface area contributed by atoms with Gasteiger partial charge < -0.3 is 0 Å². The Morgan fingerprint density at radius 1 is 1.23 bits per heavy atom. The molecule has 4 nitrogen and oxygen atoms in total. The van der Waals surface area contributed by atoms with Gasteiger partial charge in [0, 0.05) is 32.1 Å². The molecule has 1 saturated heterocycles. The van der Waals surface area contributed by atoms with Gasteiger partial charge in [-0.25, -0.2) is 8.42 Å². The average Bonchev–Trinajstić information content (AvgIpc) is 2.04. The highest BCUT2D eigenvalue weighted by Gasteiger charge is 2.22. The zero-order valence-corrected chi connectivity index (χ0v) is 9.70. The van der Waals surface area contributed by atoms with E-state index >= 15 is 0 Å². The molecule has 0 aromatic heterocycles. The van der Waals surface area contributed by atoms with Crippen LogP contribution in [0.25, 0.3) is 0 Å². The van der Waals surface area contributed by atoms with E-state index in [9.17, 15) is 8.42 Å². The standard InChI is InChI=1S/C7H16N2O2S2/c1-12-7-8-3-5-9(6-4-8)13(2,10)11/h3-7H2,1-2H3. The maximum atomic E-state index is 11.2. The second-order valence-electron chi connectivity index (χ2n) is 3.20. The molecule has 1 aliphatic heterocycles. The SMILES string of the molecule is CSCN1CCN(S(C)(=O)=O)CC1. The van der Waals surface area contributed by atoms with Gasteiger partial charge in [0.25, 0.3) is 0 Å². The first-order valence-corrected chi connectivity index (χ1v) is 7.44. The number of hydrogen-bond donors (Lipinski definition) is 0. The summed E-state index contributed by atoms with van der Waals surface area (Å²) >= 11 is 1.77. The van der Waals surface area contributed by atoms with E-state index in [0.29, 0.717) is 13.1 Å². The highest BCUT2D eigenvalue weighted by atomic mass is 32.2. The summed E-state index contributed by atoms with van der Waals surface area (Å²) in [6.07, 6.45) is 3.33. The fraction of sp³-hybridized carbons (Fsp3) is 1.00. The second kappa shape index (κ2) is 4.63. The Bertz CT molecular complexity index is 245. The van der Waals surface area contributed by atoms with Gasteiger partial charge in [0.2, 0.25) is 10.0 Å². The molecule has 0 unspecified atom stereocenters. The lowest BCUT2D eigenvalue weighted by molar-refractivity contribution is 0.216. The normalized spacial score (nSPS) is 22.0. The number of nitrogens with zero attached hydrogens (tertiary/aromatic N) is 2. The van der Waals surface area contributed by atoms with Crippen LogP contribution >= 0.6 is 11.8 Å². The molecule has 0 atom stereocenters. The molecule has 1 heterocycles. The summed E-state index contributed by atoms with van der Waals surface area (Å²) in [5.74, 6) is 0.998. The minimum atomic E-state index is -2.96. The predicted octanol–water partition coefficient (Wildman–Crippen LogP) is -0.116. The highest BCUT2D eigenvalue weighted by molar-refractivity contribution is 7.98. The molecule has 0 aromatic rings. The van der Waals surface area contributed by atoms with Crippen LogP contribution in [0.3, 0.4) is 0 Å². The van der Waals surface area contributed by atoms with Gasteiger partial charge in [-0.2, -0.15) is 4.31 Å². The number of hydrogen-bond acceptors (Lipinski definition) is 4. The molecule has 0 radical (unpaired) electrons. The van der Waals surface area contributed by atoms with E-state index in [1.165, 1.54) is 6.26 Å². The smallest absolute Gasteiger partial charge is 0.211 e. The maximum Gasteiger partial charge on any atom is 0.211 e. The van der Waals surface area contributed by atoms with Crippen molar-refractivity contribution in [1.29, 1.82) is 0 Å². The molecular weight excluding hydrogens is 208 g/mol. The van der Waals surface area contributed by atoms with Gasteiger partial charge in [-0.05, 0) is 6.26 Å². The van der Waals surface area contributed by atoms with Crippen molar-refractivity contribution in [2.45, 2.75) is 0 Å². The van der Waals surface area contributed by atoms with Crippen LogP contribution in [0.2, 0.25) is 0 Å². The fourth-order valence-corrected chi connectivity index (χ4v) is 2.82. The first kappa shape index (κ1) is 11.3. The third kappa shape index (κ3) is 3.46. The van der Waals surface area contributed by atoms with Gasteiger partial charge in [0.1, 0.15) is 0 Å². The minimum Gasteiger partial charge on any atom is -0.292 e. The van der Waals surface area contributed by atoms with Crippen molar-refractivity contribution in [3.05, 3.63) is 0 Å². The molecule has 78 valence electrons. The van der Waals surface area contributed by atoms with Crippen LogP contribution in [-0.2, 0) is 10.0 Å². The van der Waals surface area contributed by atoms with Crippen molar-refractivity contribution in [3.63, 3.8) is 0 Å². The monoisotopic (exact) mass is 224 g/mol. The second-order valence-corrected chi connectivity index (χ2v) is 6.02. The molecule has 1 fully saturated rings. The van der Waals surface area contributed by atoms with E-state index in [-0.39, 0.29) is 0 Å². The highest BCUT2D eigenvalue weighted by Crippen LogP contribution is 2.08. The topological polar surface area (TPSA) is 40.6 Å². The van der Waals surface area contributed by atoms with Crippen LogP contribution in [0.1, 0.15) is 0 Å².